The van der Waals surface area contributed by atoms with Gasteiger partial charge in [0, 0.05) is 47.2 Å². The molecule has 0 aliphatic rings. The van der Waals surface area contributed by atoms with E-state index in [-0.39, 0.29) is 18.4 Å². The van der Waals surface area contributed by atoms with Crippen LogP contribution in [-0.4, -0.2) is 28.0 Å². The Morgan fingerprint density at radius 3 is 2.46 bits per heavy atom. The van der Waals surface area contributed by atoms with Crippen molar-refractivity contribution in [1.29, 1.82) is 0 Å². The lowest BCUT2D eigenvalue weighted by Crippen LogP contribution is -2.34. The average molecular weight is 616 g/mol. The summed E-state index contributed by atoms with van der Waals surface area (Å²) in [5.74, 6) is 0.740. The Labute approximate surface area is 255 Å². The molecule has 7 nitrogen and oxygen atoms in total. The summed E-state index contributed by atoms with van der Waals surface area (Å²) >= 11 is 19.5. The summed E-state index contributed by atoms with van der Waals surface area (Å²) in [6.07, 6.45) is 0.344. The molecule has 3 aromatic carbocycles. The van der Waals surface area contributed by atoms with E-state index < -0.39 is 5.41 Å². The van der Waals surface area contributed by atoms with E-state index in [1.54, 1.807) is 24.3 Å². The number of carbonyl (C=O) groups is 2. The van der Waals surface area contributed by atoms with Crippen molar-refractivity contribution in [3.63, 3.8) is 0 Å². The van der Waals surface area contributed by atoms with Gasteiger partial charge in [-0.15, -0.1) is 0 Å². The van der Waals surface area contributed by atoms with E-state index in [1.807, 2.05) is 64.4 Å². The molecular formula is C31H33Cl3N4O3. The van der Waals surface area contributed by atoms with E-state index in [9.17, 15) is 9.59 Å². The minimum atomic E-state index is -0.516. The number of nitrogens with zero attached hydrogens (tertiary/aromatic N) is 2. The van der Waals surface area contributed by atoms with E-state index in [1.165, 1.54) is 0 Å². The molecule has 0 bridgehead atoms. The number of halogens is 3. The lowest BCUT2D eigenvalue weighted by molar-refractivity contribution is -0.128. The van der Waals surface area contributed by atoms with E-state index in [4.69, 9.17) is 44.5 Å². The number of rotatable bonds is 8. The molecule has 1 aromatic heterocycles. The lowest BCUT2D eigenvalue weighted by Gasteiger charge is -2.18. The third kappa shape index (κ3) is 6.80. The molecule has 41 heavy (non-hydrogen) atoms. The predicted molar refractivity (Wildman–Crippen MR) is 167 cm³/mol. The molecule has 0 radical (unpaired) electrons. The van der Waals surface area contributed by atoms with Crippen LogP contribution in [0.4, 0.5) is 5.69 Å². The van der Waals surface area contributed by atoms with Crippen molar-refractivity contribution in [2.45, 2.75) is 47.6 Å². The van der Waals surface area contributed by atoms with Crippen LogP contribution in [-0.2, 0) is 24.8 Å². The second kappa shape index (κ2) is 12.3. The highest BCUT2D eigenvalue weighted by Gasteiger charge is 2.23. The van der Waals surface area contributed by atoms with E-state index in [0.29, 0.717) is 62.0 Å². The summed E-state index contributed by atoms with van der Waals surface area (Å²) in [5.41, 5.74) is 4.23. The van der Waals surface area contributed by atoms with Crippen molar-refractivity contribution >= 4 is 63.3 Å². The van der Waals surface area contributed by atoms with Gasteiger partial charge in [0.1, 0.15) is 11.6 Å². The number of aromatic nitrogens is 2. The largest absolute Gasteiger partial charge is 0.493 e. The van der Waals surface area contributed by atoms with Crippen LogP contribution in [0.3, 0.4) is 0 Å². The number of ether oxygens (including phenoxy) is 1. The van der Waals surface area contributed by atoms with Gasteiger partial charge in [-0.25, -0.2) is 4.98 Å². The summed E-state index contributed by atoms with van der Waals surface area (Å²) < 4.78 is 7.79. The maximum Gasteiger partial charge on any atom is 0.259 e. The number of hydrogen-bond acceptors (Lipinski definition) is 4. The van der Waals surface area contributed by atoms with Crippen LogP contribution >= 0.6 is 34.8 Å². The molecule has 0 unspecified atom stereocenters. The highest BCUT2D eigenvalue weighted by atomic mass is 35.5. The van der Waals surface area contributed by atoms with Gasteiger partial charge in [0.2, 0.25) is 5.91 Å². The summed E-state index contributed by atoms with van der Waals surface area (Å²) in [6.45, 7) is 9.99. The minimum absolute atomic E-state index is 0.0733. The van der Waals surface area contributed by atoms with Crippen LogP contribution in [0.1, 0.15) is 60.6 Å². The van der Waals surface area contributed by atoms with Crippen LogP contribution in [0.25, 0.3) is 11.0 Å². The Kier molecular flexibility index (Phi) is 9.22. The summed E-state index contributed by atoms with van der Waals surface area (Å²) in [6, 6.07) is 12.5. The molecule has 0 fully saturated rings. The standard InChI is InChI=1S/C31H33Cl3N4O3/c1-7-41-26-15-25-24(13-21(26)29(39)37-23-12-19(32)10-8-17(23)2)36-27(38(25)6)14-20-22(33)11-9-18(28(20)34)16-35-30(40)31(3,4)5/h8-13,15H,7,14,16H2,1-6H3,(H,35,40)(H,37,39). The van der Waals surface area contributed by atoms with Gasteiger partial charge in [0.05, 0.1) is 28.2 Å². The zero-order valence-corrected chi connectivity index (χ0v) is 26.2. The second-order valence-corrected chi connectivity index (χ2v) is 12.1. The molecule has 216 valence electrons. The number of amides is 2. The van der Waals surface area contributed by atoms with Gasteiger partial charge in [-0.2, -0.15) is 0 Å². The van der Waals surface area contributed by atoms with Crippen LogP contribution in [0.2, 0.25) is 15.1 Å². The highest BCUT2D eigenvalue weighted by Crippen LogP contribution is 2.33. The Morgan fingerprint density at radius 2 is 1.78 bits per heavy atom. The molecular weight excluding hydrogens is 583 g/mol. The quantitative estimate of drug-likeness (QED) is 0.212. The SMILES string of the molecule is CCOc1cc2c(cc1C(=O)Nc1cc(Cl)ccc1C)nc(Cc1c(Cl)ccc(CNC(=O)C(C)(C)C)c1Cl)n2C. The fourth-order valence-corrected chi connectivity index (χ4v) is 5.08. The average Bonchev–Trinajstić information content (AvgIpc) is 3.21. The summed E-state index contributed by atoms with van der Waals surface area (Å²) in [4.78, 5) is 30.6. The van der Waals surface area contributed by atoms with E-state index in [2.05, 4.69) is 10.6 Å². The minimum Gasteiger partial charge on any atom is -0.493 e. The topological polar surface area (TPSA) is 85.2 Å². The molecule has 10 heteroatoms. The molecule has 4 rings (SSSR count). The predicted octanol–water partition coefficient (Wildman–Crippen LogP) is 7.75. The number of carbonyl (C=O) groups excluding carboxylic acids is 2. The van der Waals surface area contributed by atoms with Crippen LogP contribution < -0.4 is 15.4 Å². The van der Waals surface area contributed by atoms with Gasteiger partial charge in [-0.3, -0.25) is 9.59 Å². The third-order valence-electron chi connectivity index (χ3n) is 6.79. The van der Waals surface area contributed by atoms with Gasteiger partial charge in [-0.1, -0.05) is 67.7 Å². The number of imidazole rings is 1. The van der Waals surface area contributed by atoms with Gasteiger partial charge < -0.3 is 19.9 Å². The molecule has 0 atom stereocenters. The van der Waals surface area contributed by atoms with Crippen molar-refractivity contribution in [1.82, 2.24) is 14.9 Å². The number of aryl methyl sites for hydroxylation is 2. The number of fused-ring (bicyclic) bond motifs is 1. The Balaban J connectivity index is 1.68. The van der Waals surface area contributed by atoms with Gasteiger partial charge in [-0.05, 0) is 54.8 Å². The lowest BCUT2D eigenvalue weighted by atomic mass is 9.95. The van der Waals surface area contributed by atoms with Crippen LogP contribution in [0.15, 0.2) is 42.5 Å². The molecule has 0 aliphatic carbocycles. The molecule has 4 aromatic rings. The number of anilines is 1. The molecule has 1 heterocycles. The summed E-state index contributed by atoms with van der Waals surface area (Å²) in [7, 11) is 1.89. The molecule has 2 N–H and O–H groups in total. The summed E-state index contributed by atoms with van der Waals surface area (Å²) in [5, 5.41) is 7.38. The number of benzene rings is 3. The third-order valence-corrected chi connectivity index (χ3v) is 7.85. The molecule has 0 aliphatic heterocycles. The molecule has 0 saturated heterocycles. The zero-order chi connectivity index (χ0) is 30.1. The van der Waals surface area contributed by atoms with Crippen LogP contribution in [0.5, 0.6) is 5.75 Å². The monoisotopic (exact) mass is 614 g/mol. The highest BCUT2D eigenvalue weighted by molar-refractivity contribution is 6.36. The van der Waals surface area contributed by atoms with Gasteiger partial charge in [0.25, 0.3) is 5.91 Å². The normalized spacial score (nSPS) is 11.5. The zero-order valence-electron chi connectivity index (χ0n) is 23.9. The molecule has 0 spiro atoms. The van der Waals surface area contributed by atoms with E-state index >= 15 is 0 Å². The van der Waals surface area contributed by atoms with Crippen molar-refractivity contribution in [2.75, 3.05) is 11.9 Å². The number of hydrogen-bond donors (Lipinski definition) is 2. The first-order chi connectivity index (χ1) is 19.3. The first kappa shape index (κ1) is 30.7. The van der Waals surface area contributed by atoms with E-state index in [0.717, 1.165) is 16.6 Å². The number of nitrogens with one attached hydrogen (secondary N) is 2. The smallest absolute Gasteiger partial charge is 0.259 e. The first-order valence-corrected chi connectivity index (χ1v) is 14.4. The Hall–Kier alpha value is -3.26. The van der Waals surface area contributed by atoms with Crippen molar-refractivity contribution < 1.29 is 14.3 Å². The van der Waals surface area contributed by atoms with Gasteiger partial charge >= 0.3 is 0 Å². The molecule has 2 amide bonds. The molecule has 0 saturated carbocycles. The van der Waals surface area contributed by atoms with Crippen molar-refractivity contribution in [3.8, 4) is 5.75 Å². The van der Waals surface area contributed by atoms with Gasteiger partial charge in [0.15, 0.2) is 0 Å². The van der Waals surface area contributed by atoms with Crippen molar-refractivity contribution in [3.05, 3.63) is 85.6 Å². The maximum atomic E-state index is 13.4. The van der Waals surface area contributed by atoms with Crippen LogP contribution in [0, 0.1) is 12.3 Å². The maximum absolute atomic E-state index is 13.4. The fraction of sp³-hybridized carbons (Fsp3) is 0.323. The Morgan fingerprint density at radius 1 is 1.05 bits per heavy atom. The fourth-order valence-electron chi connectivity index (χ4n) is 4.34. The first-order valence-electron chi connectivity index (χ1n) is 13.2. The van der Waals surface area contributed by atoms with Crippen molar-refractivity contribution in [2.24, 2.45) is 12.5 Å². The Bertz CT molecular complexity index is 1640. The second-order valence-electron chi connectivity index (χ2n) is 10.9.